The maximum atomic E-state index is 6.50. The fraction of sp³-hybridized carbons (Fsp3) is 1.00. The summed E-state index contributed by atoms with van der Waals surface area (Å²) in [6.07, 6.45) is 11.1. The Bertz CT molecular complexity index is 131. The van der Waals surface area contributed by atoms with Crippen molar-refractivity contribution in [3.05, 3.63) is 0 Å². The molecule has 118 valence electrons. The summed E-state index contributed by atoms with van der Waals surface area (Å²) >= 11 is 0. The third-order valence-corrected chi connectivity index (χ3v) is 3.94. The Morgan fingerprint density at radius 3 is 1.00 bits per heavy atom. The van der Waals surface area contributed by atoms with Crippen LogP contribution in [0, 0.1) is 0 Å². The van der Waals surface area contributed by atoms with Gasteiger partial charge >= 0.3 is 1.43 Å². The first-order chi connectivity index (χ1) is 9.24. The molecule has 0 saturated carbocycles. The van der Waals surface area contributed by atoms with E-state index in [1.807, 2.05) is 0 Å². The molecule has 0 saturated heterocycles. The standard InChI is InChI=1S/C16H36N.H3NO/c1-5-9-13-17(14-10-6-2,15-11-7-3)16-12-8-4;1-2/h5-16H2,1-4H3;2H,1H2/q+1;/p+1. The van der Waals surface area contributed by atoms with Gasteiger partial charge in [0.15, 0.2) is 0 Å². The topological polar surface area (TPSA) is 46.2 Å². The highest BCUT2D eigenvalue weighted by Gasteiger charge is 2.24. The summed E-state index contributed by atoms with van der Waals surface area (Å²) in [4.78, 5) is 0. The van der Waals surface area contributed by atoms with Crippen molar-refractivity contribution in [1.82, 2.24) is 0 Å². The molecule has 0 bridgehead atoms. The van der Waals surface area contributed by atoms with E-state index in [0.717, 1.165) is 0 Å². The summed E-state index contributed by atoms with van der Waals surface area (Å²) in [5.74, 6) is 3.50. The van der Waals surface area contributed by atoms with E-state index in [1.54, 1.807) is 0 Å². The Hall–Kier alpha value is -0.120. The van der Waals surface area contributed by atoms with Crippen LogP contribution in [0.4, 0.5) is 0 Å². The number of nitrogens with zero attached hydrogens (tertiary/aromatic N) is 1. The van der Waals surface area contributed by atoms with E-state index in [2.05, 4.69) is 33.6 Å². The Morgan fingerprint density at radius 2 is 0.842 bits per heavy atom. The summed E-state index contributed by atoms with van der Waals surface area (Å²) in [5.41, 5.74) is 0. The molecule has 0 aromatic rings. The van der Waals surface area contributed by atoms with Crippen molar-refractivity contribution < 1.29 is 11.1 Å². The van der Waals surface area contributed by atoms with Crippen LogP contribution in [0.2, 0.25) is 0 Å². The van der Waals surface area contributed by atoms with Gasteiger partial charge in [-0.15, -0.1) is 0 Å². The number of hydrogen-bond donors (Lipinski definition) is 2. The monoisotopic (exact) mass is 276 g/mol. The Balaban J connectivity index is -0.000000916. The molecule has 19 heavy (non-hydrogen) atoms. The van der Waals surface area contributed by atoms with Gasteiger partial charge in [-0.05, 0) is 25.7 Å². The van der Waals surface area contributed by atoms with Crippen LogP contribution < -0.4 is 5.90 Å². The zero-order chi connectivity index (χ0) is 15.0. The molecule has 0 unspecified atom stereocenters. The molecule has 0 aliphatic rings. The fourth-order valence-corrected chi connectivity index (χ4v) is 2.64. The van der Waals surface area contributed by atoms with Crippen LogP contribution in [0.1, 0.15) is 80.5 Å². The number of hydrogen-bond acceptors (Lipinski definition) is 2. The number of unbranched alkanes of at least 4 members (excludes halogenated alkanes) is 4. The van der Waals surface area contributed by atoms with Crippen molar-refractivity contribution in [3.63, 3.8) is 0 Å². The summed E-state index contributed by atoms with van der Waals surface area (Å²) in [6, 6.07) is 0. The van der Waals surface area contributed by atoms with E-state index in [-0.39, 0.29) is 1.43 Å². The third kappa shape index (κ3) is 11.4. The van der Waals surface area contributed by atoms with Crippen LogP contribution in [0.5, 0.6) is 0 Å². The maximum absolute atomic E-state index is 6.50. The minimum absolute atomic E-state index is 0. The van der Waals surface area contributed by atoms with Crippen molar-refractivity contribution in [3.8, 4) is 0 Å². The van der Waals surface area contributed by atoms with E-state index >= 15 is 0 Å². The van der Waals surface area contributed by atoms with Gasteiger partial charge in [-0.1, -0.05) is 53.4 Å². The first-order valence-electron chi connectivity index (χ1n) is 8.35. The minimum Gasteiger partial charge on any atom is -0.324 e. The highest BCUT2D eigenvalue weighted by Crippen LogP contribution is 2.16. The SMILES string of the molecule is CCCC[N+](CCCC)(CCCC)CCCC.NO.[H+]. The average Bonchev–Trinajstić information content (AvgIpc) is 2.48. The molecule has 0 fully saturated rings. The van der Waals surface area contributed by atoms with Crippen molar-refractivity contribution in [2.75, 3.05) is 26.2 Å². The second kappa shape index (κ2) is 15.9. The Labute approximate surface area is 123 Å². The van der Waals surface area contributed by atoms with Gasteiger partial charge in [-0.2, -0.15) is 0 Å². The van der Waals surface area contributed by atoms with Crippen LogP contribution in [0.25, 0.3) is 0 Å². The number of rotatable bonds is 12. The molecule has 3 heteroatoms. The smallest absolute Gasteiger partial charge is 0.324 e. The first kappa shape index (κ1) is 21.2. The Morgan fingerprint density at radius 1 is 0.632 bits per heavy atom. The molecule has 0 amide bonds. The van der Waals surface area contributed by atoms with Crippen LogP contribution >= 0.6 is 0 Å². The van der Waals surface area contributed by atoms with E-state index in [9.17, 15) is 0 Å². The predicted molar refractivity (Wildman–Crippen MR) is 86.4 cm³/mol. The van der Waals surface area contributed by atoms with Gasteiger partial charge in [-0.3, -0.25) is 0 Å². The molecule has 0 aliphatic heterocycles. The second-order valence-electron chi connectivity index (χ2n) is 5.65. The zero-order valence-electron chi connectivity index (χ0n) is 15.0. The van der Waals surface area contributed by atoms with Crippen molar-refractivity contribution in [2.24, 2.45) is 5.90 Å². The summed E-state index contributed by atoms with van der Waals surface area (Å²) in [6.45, 7) is 15.0. The Kier molecular flexibility index (Phi) is 17.8. The van der Waals surface area contributed by atoms with Crippen LogP contribution in [0.3, 0.4) is 0 Å². The van der Waals surface area contributed by atoms with Crippen molar-refractivity contribution in [1.29, 1.82) is 0 Å². The van der Waals surface area contributed by atoms with Gasteiger partial charge in [-0.25, -0.2) is 5.90 Å². The lowest BCUT2D eigenvalue weighted by atomic mass is 10.1. The van der Waals surface area contributed by atoms with Crippen molar-refractivity contribution >= 4 is 0 Å². The third-order valence-electron chi connectivity index (χ3n) is 3.94. The van der Waals surface area contributed by atoms with Crippen LogP contribution in [-0.2, 0) is 0 Å². The molecule has 0 spiro atoms. The molecule has 0 heterocycles. The lowest BCUT2D eigenvalue weighted by Gasteiger charge is -2.39. The van der Waals surface area contributed by atoms with Gasteiger partial charge in [0.05, 0.1) is 26.2 Å². The fourth-order valence-electron chi connectivity index (χ4n) is 2.64. The second-order valence-corrected chi connectivity index (χ2v) is 5.65. The van der Waals surface area contributed by atoms with Gasteiger partial charge in [0.1, 0.15) is 0 Å². The highest BCUT2D eigenvalue weighted by molar-refractivity contribution is 4.49. The molecule has 3 nitrogen and oxygen atoms in total. The normalized spacial score (nSPS) is 11.1. The molecule has 0 atom stereocenters. The predicted octanol–water partition coefficient (Wildman–Crippen LogP) is 4.45. The quantitative estimate of drug-likeness (QED) is 0.408. The van der Waals surface area contributed by atoms with Crippen molar-refractivity contribution in [2.45, 2.75) is 79.1 Å². The first-order valence-corrected chi connectivity index (χ1v) is 8.35. The van der Waals surface area contributed by atoms with Gasteiger partial charge in [0.2, 0.25) is 0 Å². The van der Waals surface area contributed by atoms with Crippen LogP contribution in [-0.4, -0.2) is 35.9 Å². The molecule has 0 aliphatic carbocycles. The van der Waals surface area contributed by atoms with E-state index in [0.29, 0.717) is 0 Å². The molecule has 0 aromatic carbocycles. The number of nitrogens with two attached hydrogens (primary N) is 1. The maximum Gasteiger partial charge on any atom is 1.00 e. The van der Waals surface area contributed by atoms with Gasteiger partial charge in [0.25, 0.3) is 0 Å². The lowest BCUT2D eigenvalue weighted by Crippen LogP contribution is -2.50. The summed E-state index contributed by atoms with van der Waals surface area (Å²) < 4.78 is 1.42. The molecular formula is C16H40N2O+2. The van der Waals surface area contributed by atoms with E-state index in [4.69, 9.17) is 5.21 Å². The minimum atomic E-state index is 0. The highest BCUT2D eigenvalue weighted by atomic mass is 16.4. The van der Waals surface area contributed by atoms with Crippen LogP contribution in [0.15, 0.2) is 0 Å². The number of quaternary nitrogens is 1. The molecule has 0 aromatic heterocycles. The lowest BCUT2D eigenvalue weighted by molar-refractivity contribution is -0.929. The molecule has 0 rings (SSSR count). The van der Waals surface area contributed by atoms with Gasteiger partial charge < -0.3 is 9.69 Å². The largest absolute Gasteiger partial charge is 1.00 e. The van der Waals surface area contributed by atoms with E-state index < -0.39 is 0 Å². The molecular weight excluding hydrogens is 236 g/mol. The summed E-state index contributed by atoms with van der Waals surface area (Å²) in [7, 11) is 0. The summed E-state index contributed by atoms with van der Waals surface area (Å²) in [5, 5.41) is 6.50. The van der Waals surface area contributed by atoms with Gasteiger partial charge in [0, 0.05) is 0 Å². The zero-order valence-corrected chi connectivity index (χ0v) is 14.0. The molecule has 0 radical (unpaired) electrons. The van der Waals surface area contributed by atoms with E-state index in [1.165, 1.54) is 82.0 Å². The average molecular weight is 277 g/mol. The molecule has 3 N–H and O–H groups in total.